The van der Waals surface area contributed by atoms with E-state index in [9.17, 15) is 5.11 Å². The molecular weight excluding hydrogens is 128 g/mol. The summed E-state index contributed by atoms with van der Waals surface area (Å²) in [7, 11) is 1.83. The largest absolute Gasteiger partial charge is 0.383 e. The first kappa shape index (κ1) is 7.28. The van der Waals surface area contributed by atoms with Gasteiger partial charge in [-0.25, -0.2) is 4.98 Å². The summed E-state index contributed by atoms with van der Waals surface area (Å²) in [5.41, 5.74) is -0.866. The number of aromatic nitrogens is 2. The molecule has 1 heterocycles. The molecule has 0 aliphatic carbocycles. The Morgan fingerprint density at radius 1 is 1.70 bits per heavy atom. The summed E-state index contributed by atoms with van der Waals surface area (Å²) in [5, 5.41) is 9.46. The summed E-state index contributed by atoms with van der Waals surface area (Å²) in [6.07, 6.45) is 4.35. The number of rotatable bonds is 1. The lowest BCUT2D eigenvalue weighted by Crippen LogP contribution is -2.20. The van der Waals surface area contributed by atoms with Crippen LogP contribution in [0.15, 0.2) is 6.20 Å². The van der Waals surface area contributed by atoms with Gasteiger partial charge in [0.05, 0.1) is 0 Å². The van der Waals surface area contributed by atoms with E-state index in [1.54, 1.807) is 24.6 Å². The quantitative estimate of drug-likeness (QED) is 0.613. The van der Waals surface area contributed by atoms with Gasteiger partial charge in [-0.1, -0.05) is 0 Å². The van der Waals surface area contributed by atoms with Crippen LogP contribution in [0.1, 0.15) is 19.7 Å². The van der Waals surface area contributed by atoms with E-state index in [1.807, 2.05) is 7.05 Å². The molecule has 55 valence electrons. The van der Waals surface area contributed by atoms with Crippen LogP contribution in [0.3, 0.4) is 0 Å². The Balaban J connectivity index is 3.05. The average Bonchev–Trinajstić information content (AvgIpc) is 2.11. The zero-order chi connectivity index (χ0) is 7.78. The smallest absolute Gasteiger partial charge is 0.140 e. The van der Waals surface area contributed by atoms with E-state index in [0.29, 0.717) is 5.82 Å². The molecule has 0 amide bonds. The van der Waals surface area contributed by atoms with Crippen molar-refractivity contribution in [1.29, 1.82) is 0 Å². The molecule has 0 saturated heterocycles. The summed E-state index contributed by atoms with van der Waals surface area (Å²) in [5.74, 6) is 0.632. The molecule has 1 aromatic rings. The molecule has 1 rings (SSSR count). The molecule has 1 aromatic heterocycles. The van der Waals surface area contributed by atoms with Gasteiger partial charge in [-0.15, -0.1) is 0 Å². The molecule has 0 fully saturated rings. The van der Waals surface area contributed by atoms with Crippen molar-refractivity contribution >= 4 is 0 Å². The van der Waals surface area contributed by atoms with Crippen molar-refractivity contribution in [1.82, 2.24) is 9.55 Å². The number of nitrogens with zero attached hydrogens (tertiary/aromatic N) is 2. The molecule has 3 heteroatoms. The molecule has 0 aromatic carbocycles. The molecule has 1 radical (unpaired) electrons. The minimum atomic E-state index is -0.866. The van der Waals surface area contributed by atoms with E-state index in [2.05, 4.69) is 11.2 Å². The molecule has 1 N–H and O–H groups in total. The second kappa shape index (κ2) is 2.09. The molecule has 0 spiro atoms. The van der Waals surface area contributed by atoms with E-state index in [0.717, 1.165) is 0 Å². The zero-order valence-corrected chi connectivity index (χ0v) is 6.42. The van der Waals surface area contributed by atoms with E-state index in [-0.39, 0.29) is 0 Å². The highest BCUT2D eigenvalue weighted by Crippen LogP contribution is 2.15. The molecule has 0 atom stereocenters. The van der Waals surface area contributed by atoms with Crippen LogP contribution in [0.5, 0.6) is 0 Å². The normalized spacial score (nSPS) is 12.0. The number of hydrogen-bond donors (Lipinski definition) is 1. The summed E-state index contributed by atoms with van der Waals surface area (Å²) in [4.78, 5) is 3.88. The maximum atomic E-state index is 9.46. The van der Waals surface area contributed by atoms with Gasteiger partial charge in [-0.3, -0.25) is 0 Å². The van der Waals surface area contributed by atoms with Gasteiger partial charge in [-0.2, -0.15) is 0 Å². The van der Waals surface area contributed by atoms with E-state index in [4.69, 9.17) is 0 Å². The lowest BCUT2D eigenvalue weighted by Gasteiger charge is -2.15. The van der Waals surface area contributed by atoms with Crippen LogP contribution in [-0.4, -0.2) is 14.7 Å². The van der Waals surface area contributed by atoms with Crippen LogP contribution in [0.25, 0.3) is 0 Å². The summed E-state index contributed by atoms with van der Waals surface area (Å²) in [6, 6.07) is 0. The van der Waals surface area contributed by atoms with Gasteiger partial charge in [0.15, 0.2) is 0 Å². The summed E-state index contributed by atoms with van der Waals surface area (Å²) >= 11 is 0. The molecular formula is C7H11N2O. The average molecular weight is 139 g/mol. The molecule has 0 saturated carbocycles. The fourth-order valence-corrected chi connectivity index (χ4v) is 0.885. The molecule has 10 heavy (non-hydrogen) atoms. The maximum absolute atomic E-state index is 9.46. The highest BCUT2D eigenvalue weighted by atomic mass is 16.3. The Kier molecular flexibility index (Phi) is 1.52. The minimum absolute atomic E-state index is 0.632. The van der Waals surface area contributed by atoms with Crippen molar-refractivity contribution in [3.05, 3.63) is 18.2 Å². The van der Waals surface area contributed by atoms with Crippen LogP contribution in [0, 0.1) is 6.20 Å². The standard InChI is InChI=1S/C7H11N2O/c1-7(2,10)6-8-4-5-9(6)3/h5,10H,1-3H3. The monoisotopic (exact) mass is 139 g/mol. The third kappa shape index (κ3) is 1.19. The topological polar surface area (TPSA) is 38.0 Å². The third-order valence-corrected chi connectivity index (χ3v) is 1.30. The van der Waals surface area contributed by atoms with Crippen LogP contribution >= 0.6 is 0 Å². The first-order chi connectivity index (χ1) is 4.52. The van der Waals surface area contributed by atoms with Gasteiger partial charge >= 0.3 is 0 Å². The Morgan fingerprint density at radius 2 is 2.30 bits per heavy atom. The van der Waals surface area contributed by atoms with E-state index in [1.165, 1.54) is 0 Å². The van der Waals surface area contributed by atoms with Crippen LogP contribution in [0.4, 0.5) is 0 Å². The van der Waals surface area contributed by atoms with Crippen LogP contribution < -0.4 is 0 Å². The number of aryl methyl sites for hydroxylation is 1. The van der Waals surface area contributed by atoms with E-state index >= 15 is 0 Å². The highest BCUT2D eigenvalue weighted by molar-refractivity contribution is 4.99. The molecule has 0 aliphatic heterocycles. The number of hydrogen-bond acceptors (Lipinski definition) is 2. The maximum Gasteiger partial charge on any atom is 0.140 e. The second-order valence-corrected chi connectivity index (χ2v) is 2.86. The summed E-state index contributed by atoms with van der Waals surface area (Å²) < 4.78 is 1.75. The van der Waals surface area contributed by atoms with E-state index < -0.39 is 5.60 Å². The predicted octanol–water partition coefficient (Wildman–Crippen LogP) is 0.448. The molecule has 3 nitrogen and oxygen atoms in total. The van der Waals surface area contributed by atoms with Gasteiger partial charge in [0.25, 0.3) is 0 Å². The third-order valence-electron chi connectivity index (χ3n) is 1.30. The molecule has 0 bridgehead atoms. The Morgan fingerprint density at radius 3 is 2.50 bits per heavy atom. The first-order valence-electron chi connectivity index (χ1n) is 3.14. The van der Waals surface area contributed by atoms with Crippen molar-refractivity contribution in [3.63, 3.8) is 0 Å². The lowest BCUT2D eigenvalue weighted by atomic mass is 10.1. The Labute approximate surface area is 60.3 Å². The fraction of sp³-hybridized carbons (Fsp3) is 0.571. The molecule has 0 unspecified atom stereocenters. The van der Waals surface area contributed by atoms with Crippen molar-refractivity contribution in [2.75, 3.05) is 0 Å². The van der Waals surface area contributed by atoms with Gasteiger partial charge in [-0.05, 0) is 13.8 Å². The molecule has 0 aliphatic rings. The van der Waals surface area contributed by atoms with Gasteiger partial charge in [0.2, 0.25) is 0 Å². The van der Waals surface area contributed by atoms with Gasteiger partial charge in [0.1, 0.15) is 17.6 Å². The van der Waals surface area contributed by atoms with Crippen LogP contribution in [0.2, 0.25) is 0 Å². The summed E-state index contributed by atoms with van der Waals surface area (Å²) in [6.45, 7) is 3.40. The lowest BCUT2D eigenvalue weighted by molar-refractivity contribution is 0.0658. The van der Waals surface area contributed by atoms with Crippen molar-refractivity contribution in [3.8, 4) is 0 Å². The van der Waals surface area contributed by atoms with Crippen molar-refractivity contribution < 1.29 is 5.11 Å². The van der Waals surface area contributed by atoms with Crippen molar-refractivity contribution in [2.45, 2.75) is 19.4 Å². The predicted molar refractivity (Wildman–Crippen MR) is 37.3 cm³/mol. The SMILES string of the molecule is Cn1c[c]nc1C(C)(C)O. The zero-order valence-electron chi connectivity index (χ0n) is 6.42. The number of imidazole rings is 1. The second-order valence-electron chi connectivity index (χ2n) is 2.86. The number of aliphatic hydroxyl groups is 1. The van der Waals surface area contributed by atoms with Crippen LogP contribution in [-0.2, 0) is 12.6 Å². The fourth-order valence-electron chi connectivity index (χ4n) is 0.885. The highest BCUT2D eigenvalue weighted by Gasteiger charge is 2.20. The first-order valence-corrected chi connectivity index (χ1v) is 3.14. The van der Waals surface area contributed by atoms with Gasteiger partial charge < -0.3 is 9.67 Å². The Bertz CT molecular complexity index is 222. The van der Waals surface area contributed by atoms with Gasteiger partial charge in [0, 0.05) is 13.2 Å². The Hall–Kier alpha value is -0.830. The van der Waals surface area contributed by atoms with Crippen molar-refractivity contribution in [2.24, 2.45) is 7.05 Å². The minimum Gasteiger partial charge on any atom is -0.383 e.